The maximum atomic E-state index is 12.4. The van der Waals surface area contributed by atoms with Crippen molar-refractivity contribution in [3.63, 3.8) is 0 Å². The largest absolute Gasteiger partial charge is 0.329 e. The lowest BCUT2D eigenvalue weighted by Gasteiger charge is -2.38. The fourth-order valence-electron chi connectivity index (χ4n) is 2.66. The minimum absolute atomic E-state index is 0.00792. The molecule has 0 bridgehead atoms. The number of hydrogen-bond acceptors (Lipinski definition) is 2. The van der Waals surface area contributed by atoms with E-state index in [4.69, 9.17) is 0 Å². The van der Waals surface area contributed by atoms with Crippen molar-refractivity contribution in [1.82, 2.24) is 4.90 Å². The van der Waals surface area contributed by atoms with Gasteiger partial charge in [0.15, 0.2) is 0 Å². The molecule has 1 saturated heterocycles. The first-order valence-electron chi connectivity index (χ1n) is 6.57. The average molecular weight is 260 g/mol. The van der Waals surface area contributed by atoms with Gasteiger partial charge in [-0.2, -0.15) is 0 Å². The molecule has 102 valence electrons. The van der Waals surface area contributed by atoms with Crippen molar-refractivity contribution in [2.45, 2.75) is 33.7 Å². The summed E-state index contributed by atoms with van der Waals surface area (Å²) in [7, 11) is 0. The molecule has 1 heterocycles. The van der Waals surface area contributed by atoms with E-state index in [2.05, 4.69) is 6.07 Å². The van der Waals surface area contributed by atoms with E-state index in [-0.39, 0.29) is 17.9 Å². The van der Waals surface area contributed by atoms with E-state index in [9.17, 15) is 9.59 Å². The molecule has 4 heteroatoms. The van der Waals surface area contributed by atoms with Crippen molar-refractivity contribution in [3.8, 4) is 0 Å². The number of aryl methyl sites for hydroxylation is 2. The summed E-state index contributed by atoms with van der Waals surface area (Å²) in [5.74, 6) is -0.0487. The Morgan fingerprint density at radius 3 is 2.26 bits per heavy atom. The fraction of sp³-hybridized carbons (Fsp3) is 0.467. The van der Waals surface area contributed by atoms with Crippen LogP contribution in [0.4, 0.5) is 5.69 Å². The monoisotopic (exact) mass is 260 g/mol. The minimum atomic E-state index is -0.382. The number of carbonyl (C=O) groups excluding carboxylic acids is 2. The lowest BCUT2D eigenvalue weighted by atomic mass is 10.1. The first-order valence-corrected chi connectivity index (χ1v) is 6.57. The van der Waals surface area contributed by atoms with Gasteiger partial charge in [0.1, 0.15) is 6.04 Å². The Hall–Kier alpha value is -1.84. The van der Waals surface area contributed by atoms with Gasteiger partial charge < -0.3 is 9.80 Å². The molecular weight excluding hydrogens is 240 g/mol. The maximum absolute atomic E-state index is 12.4. The van der Waals surface area contributed by atoms with Gasteiger partial charge in [0, 0.05) is 25.7 Å². The van der Waals surface area contributed by atoms with E-state index in [1.807, 2.05) is 26.0 Å². The van der Waals surface area contributed by atoms with Crippen LogP contribution in [0.1, 0.15) is 25.0 Å². The van der Waals surface area contributed by atoms with Gasteiger partial charge in [0.25, 0.3) is 0 Å². The van der Waals surface area contributed by atoms with Crippen LogP contribution in [0, 0.1) is 13.8 Å². The Kier molecular flexibility index (Phi) is 3.60. The predicted octanol–water partition coefficient (Wildman–Crippen LogP) is 1.89. The molecule has 0 saturated carbocycles. The zero-order chi connectivity index (χ0) is 14.2. The van der Waals surface area contributed by atoms with Crippen LogP contribution in [0.2, 0.25) is 0 Å². The second-order valence-electron chi connectivity index (χ2n) is 5.22. The van der Waals surface area contributed by atoms with Crippen LogP contribution >= 0.6 is 0 Å². The maximum Gasteiger partial charge on any atom is 0.249 e. The number of amides is 2. The molecule has 1 aliphatic rings. The van der Waals surface area contributed by atoms with Crippen LogP contribution in [-0.2, 0) is 9.59 Å². The van der Waals surface area contributed by atoms with Crippen molar-refractivity contribution in [2.75, 3.05) is 18.0 Å². The second-order valence-corrected chi connectivity index (χ2v) is 5.22. The molecule has 1 unspecified atom stereocenters. The minimum Gasteiger partial charge on any atom is -0.329 e. The quantitative estimate of drug-likeness (QED) is 0.773. The molecule has 0 aromatic heterocycles. The lowest BCUT2D eigenvalue weighted by Crippen LogP contribution is -2.57. The van der Waals surface area contributed by atoms with Gasteiger partial charge in [-0.25, -0.2) is 0 Å². The summed E-state index contributed by atoms with van der Waals surface area (Å²) in [5.41, 5.74) is 3.21. The third-order valence-electron chi connectivity index (χ3n) is 3.58. The van der Waals surface area contributed by atoms with Gasteiger partial charge in [-0.05, 0) is 44.0 Å². The lowest BCUT2D eigenvalue weighted by molar-refractivity contribution is -0.139. The summed E-state index contributed by atoms with van der Waals surface area (Å²) in [6, 6.07) is 5.73. The Balaban J connectivity index is 2.28. The SMILES string of the molecule is CC(=O)N1CCN(c2cc(C)cc(C)c2)C(=O)C1C. The standard InChI is InChI=1S/C15H20N2O2/c1-10-7-11(2)9-14(8-10)17-6-5-16(13(4)18)12(3)15(17)19/h7-9,12H,5-6H2,1-4H3. The number of carbonyl (C=O) groups is 2. The number of nitrogens with zero attached hydrogens (tertiary/aromatic N) is 2. The summed E-state index contributed by atoms with van der Waals surface area (Å²) in [6.07, 6.45) is 0. The molecule has 0 radical (unpaired) electrons. The number of piperazine rings is 1. The second kappa shape index (κ2) is 5.03. The molecule has 19 heavy (non-hydrogen) atoms. The molecule has 1 aromatic rings. The van der Waals surface area contributed by atoms with Crippen LogP contribution in [0.5, 0.6) is 0 Å². The third kappa shape index (κ3) is 2.62. The highest BCUT2D eigenvalue weighted by Gasteiger charge is 2.33. The molecular formula is C15H20N2O2. The van der Waals surface area contributed by atoms with Crippen LogP contribution in [0.3, 0.4) is 0 Å². The summed E-state index contributed by atoms with van der Waals surface area (Å²) in [6.45, 7) is 8.50. The van der Waals surface area contributed by atoms with Crippen molar-refractivity contribution in [2.24, 2.45) is 0 Å². The Morgan fingerprint density at radius 2 is 1.74 bits per heavy atom. The van der Waals surface area contributed by atoms with E-state index in [0.717, 1.165) is 16.8 Å². The van der Waals surface area contributed by atoms with Gasteiger partial charge in [-0.1, -0.05) is 6.07 Å². The van der Waals surface area contributed by atoms with Gasteiger partial charge in [0.05, 0.1) is 0 Å². The summed E-state index contributed by atoms with van der Waals surface area (Å²) in [5, 5.41) is 0. The smallest absolute Gasteiger partial charge is 0.249 e. The number of anilines is 1. The molecule has 2 rings (SSSR count). The molecule has 1 fully saturated rings. The molecule has 0 N–H and O–H groups in total. The third-order valence-corrected chi connectivity index (χ3v) is 3.58. The van der Waals surface area contributed by atoms with Gasteiger partial charge in [-0.3, -0.25) is 9.59 Å². The molecule has 1 aliphatic heterocycles. The highest BCUT2D eigenvalue weighted by molar-refractivity contribution is 6.00. The molecule has 0 spiro atoms. The number of hydrogen-bond donors (Lipinski definition) is 0. The van der Waals surface area contributed by atoms with E-state index >= 15 is 0 Å². The topological polar surface area (TPSA) is 40.6 Å². The summed E-state index contributed by atoms with van der Waals surface area (Å²) >= 11 is 0. The first kappa shape index (κ1) is 13.6. The molecule has 1 atom stereocenters. The van der Waals surface area contributed by atoms with Crippen molar-refractivity contribution < 1.29 is 9.59 Å². The van der Waals surface area contributed by atoms with Crippen LogP contribution in [-0.4, -0.2) is 35.8 Å². The molecule has 2 amide bonds. The van der Waals surface area contributed by atoms with Crippen LogP contribution < -0.4 is 4.90 Å². The highest BCUT2D eigenvalue weighted by atomic mass is 16.2. The van der Waals surface area contributed by atoms with Gasteiger partial charge in [0.2, 0.25) is 11.8 Å². The van der Waals surface area contributed by atoms with Gasteiger partial charge >= 0.3 is 0 Å². The van der Waals surface area contributed by atoms with Crippen molar-refractivity contribution >= 4 is 17.5 Å². The fourth-order valence-corrected chi connectivity index (χ4v) is 2.66. The Labute approximate surface area is 114 Å². The van der Waals surface area contributed by atoms with Crippen molar-refractivity contribution in [1.29, 1.82) is 0 Å². The molecule has 0 aliphatic carbocycles. The van der Waals surface area contributed by atoms with E-state index in [0.29, 0.717) is 13.1 Å². The van der Waals surface area contributed by atoms with Gasteiger partial charge in [-0.15, -0.1) is 0 Å². The molecule has 4 nitrogen and oxygen atoms in total. The Bertz CT molecular complexity index is 505. The Morgan fingerprint density at radius 1 is 1.16 bits per heavy atom. The van der Waals surface area contributed by atoms with Crippen LogP contribution in [0.25, 0.3) is 0 Å². The predicted molar refractivity (Wildman–Crippen MR) is 75.1 cm³/mol. The van der Waals surface area contributed by atoms with E-state index in [1.54, 1.807) is 16.7 Å². The zero-order valence-corrected chi connectivity index (χ0v) is 11.9. The molecule has 1 aromatic carbocycles. The number of benzene rings is 1. The summed E-state index contributed by atoms with van der Waals surface area (Å²) in [4.78, 5) is 27.3. The zero-order valence-electron chi connectivity index (χ0n) is 11.9. The highest BCUT2D eigenvalue weighted by Crippen LogP contribution is 2.23. The van der Waals surface area contributed by atoms with E-state index < -0.39 is 0 Å². The average Bonchev–Trinajstić information content (AvgIpc) is 2.30. The first-order chi connectivity index (χ1) is 8.90. The normalized spacial score (nSPS) is 19.8. The van der Waals surface area contributed by atoms with Crippen molar-refractivity contribution in [3.05, 3.63) is 29.3 Å². The summed E-state index contributed by atoms with van der Waals surface area (Å²) < 4.78 is 0. The van der Waals surface area contributed by atoms with E-state index in [1.165, 1.54) is 6.92 Å². The van der Waals surface area contributed by atoms with Crippen LogP contribution in [0.15, 0.2) is 18.2 Å². The number of rotatable bonds is 1.